The smallest absolute Gasteiger partial charge is 0.242 e. The number of carbonyl (C=O) groups is 1. The van der Waals surface area contributed by atoms with Gasteiger partial charge in [0.2, 0.25) is 11.8 Å². The Morgan fingerprint density at radius 2 is 2.15 bits per heavy atom. The van der Waals surface area contributed by atoms with Crippen molar-refractivity contribution in [3.63, 3.8) is 0 Å². The van der Waals surface area contributed by atoms with Crippen molar-refractivity contribution in [1.29, 1.82) is 0 Å². The second kappa shape index (κ2) is 7.80. The molecule has 1 N–H and O–H groups in total. The van der Waals surface area contributed by atoms with Gasteiger partial charge in [0.25, 0.3) is 0 Å². The fraction of sp³-hybridized carbons (Fsp3) is 0.684. The Balaban J connectivity index is 1.54. The number of aryl methyl sites for hydroxylation is 1. The summed E-state index contributed by atoms with van der Waals surface area (Å²) >= 11 is 0. The fourth-order valence-corrected chi connectivity index (χ4v) is 4.07. The van der Waals surface area contributed by atoms with Gasteiger partial charge in [-0.25, -0.2) is 0 Å². The van der Waals surface area contributed by atoms with Gasteiger partial charge < -0.3 is 14.6 Å². The number of nitrogens with one attached hydrogen (secondary N) is 1. The topological polar surface area (TPSA) is 95.1 Å². The van der Waals surface area contributed by atoms with Gasteiger partial charge in [0.15, 0.2) is 5.82 Å². The maximum Gasteiger partial charge on any atom is 0.242 e. The summed E-state index contributed by atoms with van der Waals surface area (Å²) in [6, 6.07) is 0. The third kappa shape index (κ3) is 4.05. The molecular weight excluding hydrogens is 346 g/mol. The van der Waals surface area contributed by atoms with Crippen LogP contribution in [0.5, 0.6) is 0 Å². The first-order valence-corrected chi connectivity index (χ1v) is 9.86. The van der Waals surface area contributed by atoms with E-state index in [1.54, 1.807) is 10.9 Å². The van der Waals surface area contributed by atoms with Crippen LogP contribution in [0.4, 0.5) is 0 Å². The van der Waals surface area contributed by atoms with Crippen molar-refractivity contribution >= 4 is 5.91 Å². The fourth-order valence-electron chi connectivity index (χ4n) is 4.07. The lowest BCUT2D eigenvalue weighted by molar-refractivity contribution is -0.124. The summed E-state index contributed by atoms with van der Waals surface area (Å²) < 4.78 is 12.7. The number of hydrogen-bond donors (Lipinski definition) is 1. The number of rotatable bonds is 5. The van der Waals surface area contributed by atoms with Gasteiger partial charge in [-0.2, -0.15) is 10.1 Å². The van der Waals surface area contributed by atoms with Gasteiger partial charge in [0.1, 0.15) is 12.1 Å². The van der Waals surface area contributed by atoms with E-state index in [-0.39, 0.29) is 18.4 Å². The first-order chi connectivity index (χ1) is 13.1. The molecule has 0 bridgehead atoms. The predicted octanol–water partition coefficient (Wildman–Crippen LogP) is 2.44. The molecule has 27 heavy (non-hydrogen) atoms. The molecule has 2 fully saturated rings. The van der Waals surface area contributed by atoms with E-state index in [1.165, 1.54) is 0 Å². The van der Waals surface area contributed by atoms with Crippen LogP contribution >= 0.6 is 0 Å². The van der Waals surface area contributed by atoms with Gasteiger partial charge in [-0.3, -0.25) is 9.48 Å². The van der Waals surface area contributed by atoms with Crippen molar-refractivity contribution in [2.24, 2.45) is 0 Å². The van der Waals surface area contributed by atoms with E-state index >= 15 is 0 Å². The van der Waals surface area contributed by atoms with Crippen molar-refractivity contribution in [2.45, 2.75) is 69.9 Å². The number of hydrogen-bond acceptors (Lipinski definition) is 6. The number of ether oxygens (including phenoxy) is 1. The number of nitrogens with zero attached hydrogens (tertiary/aromatic N) is 4. The summed E-state index contributed by atoms with van der Waals surface area (Å²) in [6.07, 6.45) is 10.6. The lowest BCUT2D eigenvalue weighted by Crippen LogP contribution is -2.47. The molecule has 8 nitrogen and oxygen atoms in total. The van der Waals surface area contributed by atoms with Crippen molar-refractivity contribution in [3.8, 4) is 0 Å². The van der Waals surface area contributed by atoms with E-state index in [2.05, 4.69) is 15.6 Å². The Kier molecular flexibility index (Phi) is 5.24. The van der Waals surface area contributed by atoms with E-state index < -0.39 is 5.54 Å². The highest BCUT2D eigenvalue weighted by Crippen LogP contribution is 2.36. The average molecular weight is 373 g/mol. The zero-order chi connectivity index (χ0) is 18.7. The Hall–Kier alpha value is -2.22. The van der Waals surface area contributed by atoms with Gasteiger partial charge in [-0.15, -0.1) is 0 Å². The predicted molar refractivity (Wildman–Crippen MR) is 97.0 cm³/mol. The average Bonchev–Trinajstić information content (AvgIpc) is 3.37. The van der Waals surface area contributed by atoms with E-state index in [9.17, 15) is 4.79 Å². The summed E-state index contributed by atoms with van der Waals surface area (Å²) in [6.45, 7) is 3.51. The van der Waals surface area contributed by atoms with Gasteiger partial charge >= 0.3 is 0 Å². The first-order valence-electron chi connectivity index (χ1n) is 9.86. The highest BCUT2D eigenvalue weighted by Gasteiger charge is 2.39. The molecule has 0 spiro atoms. The van der Waals surface area contributed by atoms with Gasteiger partial charge in [-0.1, -0.05) is 30.8 Å². The minimum Gasteiger partial charge on any atom is -0.381 e. The summed E-state index contributed by atoms with van der Waals surface area (Å²) in [7, 11) is 0. The van der Waals surface area contributed by atoms with E-state index in [1.807, 2.05) is 13.1 Å². The zero-order valence-electron chi connectivity index (χ0n) is 15.8. The van der Waals surface area contributed by atoms with Crippen molar-refractivity contribution < 1.29 is 14.1 Å². The second-order valence-electron chi connectivity index (χ2n) is 7.78. The van der Waals surface area contributed by atoms with Crippen LogP contribution in [0.15, 0.2) is 16.9 Å². The van der Waals surface area contributed by atoms with Crippen LogP contribution < -0.4 is 5.32 Å². The second-order valence-corrected chi connectivity index (χ2v) is 7.78. The molecule has 2 aromatic heterocycles. The van der Waals surface area contributed by atoms with Crippen molar-refractivity contribution in [2.75, 3.05) is 13.2 Å². The number of carbonyl (C=O) groups excluding carboxylic acids is 1. The third-order valence-corrected chi connectivity index (χ3v) is 5.55. The van der Waals surface area contributed by atoms with Gasteiger partial charge in [0.05, 0.1) is 18.7 Å². The van der Waals surface area contributed by atoms with Gasteiger partial charge in [0, 0.05) is 12.8 Å². The highest BCUT2D eigenvalue weighted by atomic mass is 16.5. The Bertz CT molecular complexity index is 770. The minimum atomic E-state index is -0.559. The standard InChI is InChI=1S/C19H27N5O3/c1-14-10-20-24(11-14)12-16(25)22-19(7-4-2-3-5-8-19)18-21-17(27-23-18)15-6-9-26-13-15/h10-11,15H,2-9,12-13H2,1H3,(H,22,25)/t15-/m0/s1. The van der Waals surface area contributed by atoms with Crippen LogP contribution in [0.25, 0.3) is 0 Å². The van der Waals surface area contributed by atoms with Crippen molar-refractivity contribution in [3.05, 3.63) is 29.7 Å². The van der Waals surface area contributed by atoms with Crippen LogP contribution in [0.1, 0.15) is 68.1 Å². The summed E-state index contributed by atoms with van der Waals surface area (Å²) in [4.78, 5) is 17.5. The van der Waals surface area contributed by atoms with E-state index in [0.717, 1.165) is 57.1 Å². The molecule has 1 saturated carbocycles. The molecule has 1 amide bonds. The maximum atomic E-state index is 12.8. The van der Waals surface area contributed by atoms with Crippen molar-refractivity contribution in [1.82, 2.24) is 25.2 Å². The SMILES string of the molecule is Cc1cnn(CC(=O)NC2(c3noc([C@H]4CCOC4)n3)CCCCCC2)c1. The molecule has 4 rings (SSSR count). The quantitative estimate of drug-likeness (QED) is 0.809. The van der Waals surface area contributed by atoms with Crippen LogP contribution in [0.3, 0.4) is 0 Å². The summed E-state index contributed by atoms with van der Waals surface area (Å²) in [5.74, 6) is 1.33. The molecule has 0 aromatic carbocycles. The molecule has 146 valence electrons. The molecule has 2 aliphatic rings. The Labute approximate surface area is 158 Å². The summed E-state index contributed by atoms with van der Waals surface area (Å²) in [5.41, 5.74) is 0.477. The highest BCUT2D eigenvalue weighted by molar-refractivity contribution is 5.76. The van der Waals surface area contributed by atoms with Gasteiger partial charge in [-0.05, 0) is 31.7 Å². The van der Waals surface area contributed by atoms with Crippen LogP contribution in [0.2, 0.25) is 0 Å². The van der Waals surface area contributed by atoms with Crippen LogP contribution in [-0.4, -0.2) is 39.0 Å². The molecule has 2 aromatic rings. The zero-order valence-corrected chi connectivity index (χ0v) is 15.8. The molecule has 1 atom stereocenters. The molecule has 1 aliphatic carbocycles. The minimum absolute atomic E-state index is 0.0736. The molecule has 0 unspecified atom stereocenters. The third-order valence-electron chi connectivity index (χ3n) is 5.55. The number of aromatic nitrogens is 4. The lowest BCUT2D eigenvalue weighted by atomic mass is 9.89. The molecular formula is C19H27N5O3. The number of amides is 1. The van der Waals surface area contributed by atoms with E-state index in [4.69, 9.17) is 14.2 Å². The first kappa shape index (κ1) is 18.2. The van der Waals surface area contributed by atoms with Crippen LogP contribution in [-0.2, 0) is 21.6 Å². The normalized spacial score (nSPS) is 22.5. The molecule has 0 radical (unpaired) electrons. The van der Waals surface area contributed by atoms with Crippen LogP contribution in [0, 0.1) is 6.92 Å². The maximum absolute atomic E-state index is 12.8. The monoisotopic (exact) mass is 373 g/mol. The largest absolute Gasteiger partial charge is 0.381 e. The van der Waals surface area contributed by atoms with E-state index in [0.29, 0.717) is 18.3 Å². The molecule has 1 saturated heterocycles. The Morgan fingerprint density at radius 3 is 2.81 bits per heavy atom. The molecule has 1 aliphatic heterocycles. The Morgan fingerprint density at radius 1 is 1.33 bits per heavy atom. The lowest BCUT2D eigenvalue weighted by Gasteiger charge is -2.30. The molecule has 3 heterocycles. The summed E-state index contributed by atoms with van der Waals surface area (Å²) in [5, 5.41) is 11.7. The molecule has 8 heteroatoms.